The third-order valence-electron chi connectivity index (χ3n) is 4.74. The monoisotopic (exact) mass is 510 g/mol. The molecule has 0 aliphatic carbocycles. The second kappa shape index (κ2) is 12.7. The average Bonchev–Trinajstić information content (AvgIpc) is 2.83. The second-order valence-electron chi connectivity index (χ2n) is 7.25. The van der Waals surface area contributed by atoms with Crippen LogP contribution in [0.5, 0.6) is 17.2 Å². The lowest BCUT2D eigenvalue weighted by Gasteiger charge is -2.13. The molecule has 0 unspecified atom stereocenters. The standard InChI is InChI=1S/C27H24Cl2N2O4/c1-3-33-23-7-5-6-22(15-23)31-27(32)20(16-30)12-18-8-11-25(26(13-18)34-4-2)35-17-19-9-10-21(28)14-24(19)29/h5-15H,3-4,17H2,1-2H3,(H,31,32)/b20-12+. The molecule has 1 amide bonds. The van der Waals surface area contributed by atoms with E-state index in [0.29, 0.717) is 51.8 Å². The van der Waals surface area contributed by atoms with Crippen molar-refractivity contribution in [2.75, 3.05) is 18.5 Å². The molecule has 1 N–H and O–H groups in total. The Bertz CT molecular complexity index is 1270. The van der Waals surface area contributed by atoms with E-state index in [2.05, 4.69) is 5.32 Å². The summed E-state index contributed by atoms with van der Waals surface area (Å²) >= 11 is 12.2. The van der Waals surface area contributed by atoms with E-state index in [1.807, 2.05) is 19.9 Å². The summed E-state index contributed by atoms with van der Waals surface area (Å²) in [6.07, 6.45) is 1.49. The lowest BCUT2D eigenvalue weighted by Crippen LogP contribution is -2.13. The fourth-order valence-electron chi connectivity index (χ4n) is 3.14. The number of nitrogens with zero attached hydrogens (tertiary/aromatic N) is 1. The van der Waals surface area contributed by atoms with Gasteiger partial charge in [0.25, 0.3) is 5.91 Å². The molecule has 6 nitrogen and oxygen atoms in total. The largest absolute Gasteiger partial charge is 0.494 e. The lowest BCUT2D eigenvalue weighted by atomic mass is 10.1. The van der Waals surface area contributed by atoms with Crippen molar-refractivity contribution >= 4 is 40.9 Å². The van der Waals surface area contributed by atoms with Crippen molar-refractivity contribution in [1.82, 2.24) is 0 Å². The van der Waals surface area contributed by atoms with Gasteiger partial charge in [-0.3, -0.25) is 4.79 Å². The number of hydrogen-bond acceptors (Lipinski definition) is 5. The van der Waals surface area contributed by atoms with Gasteiger partial charge in [0.1, 0.15) is 24.0 Å². The van der Waals surface area contributed by atoms with E-state index in [-0.39, 0.29) is 12.2 Å². The van der Waals surface area contributed by atoms with Gasteiger partial charge in [0.15, 0.2) is 11.5 Å². The molecular formula is C27H24Cl2N2O4. The number of carbonyl (C=O) groups excluding carboxylic acids is 1. The Kier molecular flexibility index (Phi) is 9.42. The van der Waals surface area contributed by atoms with Gasteiger partial charge in [-0.15, -0.1) is 0 Å². The average molecular weight is 511 g/mol. The molecule has 0 aliphatic rings. The van der Waals surface area contributed by atoms with Crippen LogP contribution < -0.4 is 19.5 Å². The first-order valence-corrected chi connectivity index (χ1v) is 11.7. The normalized spacial score (nSPS) is 10.9. The highest BCUT2D eigenvalue weighted by molar-refractivity contribution is 6.35. The van der Waals surface area contributed by atoms with E-state index in [1.165, 1.54) is 6.08 Å². The molecule has 0 heterocycles. The molecule has 0 saturated heterocycles. The maximum atomic E-state index is 12.7. The van der Waals surface area contributed by atoms with Gasteiger partial charge in [-0.25, -0.2) is 0 Å². The summed E-state index contributed by atoms with van der Waals surface area (Å²) < 4.78 is 17.1. The highest BCUT2D eigenvalue weighted by Gasteiger charge is 2.13. The predicted molar refractivity (Wildman–Crippen MR) is 138 cm³/mol. The number of benzene rings is 3. The Morgan fingerprint density at radius 1 is 0.971 bits per heavy atom. The number of nitrogens with one attached hydrogen (secondary N) is 1. The van der Waals surface area contributed by atoms with Crippen LogP contribution in [-0.4, -0.2) is 19.1 Å². The summed E-state index contributed by atoms with van der Waals surface area (Å²) in [7, 11) is 0. The van der Waals surface area contributed by atoms with Gasteiger partial charge >= 0.3 is 0 Å². The quantitative estimate of drug-likeness (QED) is 0.236. The van der Waals surface area contributed by atoms with Crippen LogP contribution in [0.2, 0.25) is 10.0 Å². The van der Waals surface area contributed by atoms with Crippen molar-refractivity contribution in [1.29, 1.82) is 5.26 Å². The first-order valence-electron chi connectivity index (χ1n) is 10.9. The Morgan fingerprint density at radius 3 is 2.49 bits per heavy atom. The van der Waals surface area contributed by atoms with Crippen LogP contribution in [-0.2, 0) is 11.4 Å². The van der Waals surface area contributed by atoms with Crippen LogP contribution in [0.1, 0.15) is 25.0 Å². The smallest absolute Gasteiger partial charge is 0.266 e. The number of rotatable bonds is 10. The maximum Gasteiger partial charge on any atom is 0.266 e. The first-order chi connectivity index (χ1) is 16.9. The molecule has 0 fully saturated rings. The van der Waals surface area contributed by atoms with Crippen molar-refractivity contribution in [3.63, 3.8) is 0 Å². The highest BCUT2D eigenvalue weighted by atomic mass is 35.5. The van der Waals surface area contributed by atoms with Crippen LogP contribution in [0.25, 0.3) is 6.08 Å². The van der Waals surface area contributed by atoms with Crippen LogP contribution in [0.15, 0.2) is 66.2 Å². The molecule has 0 radical (unpaired) electrons. The van der Waals surface area contributed by atoms with E-state index in [0.717, 1.165) is 5.56 Å². The van der Waals surface area contributed by atoms with Gasteiger partial charge in [0.2, 0.25) is 0 Å². The predicted octanol–water partition coefficient (Wildman–Crippen LogP) is 6.92. The van der Waals surface area contributed by atoms with Crippen molar-refractivity contribution in [3.05, 3.63) is 87.4 Å². The van der Waals surface area contributed by atoms with Gasteiger partial charge in [-0.1, -0.05) is 41.4 Å². The summed E-state index contributed by atoms with van der Waals surface area (Å²) in [5, 5.41) is 13.4. The van der Waals surface area contributed by atoms with E-state index in [9.17, 15) is 10.1 Å². The summed E-state index contributed by atoms with van der Waals surface area (Å²) in [6, 6.07) is 19.3. The fraction of sp³-hybridized carbons (Fsp3) is 0.185. The maximum absolute atomic E-state index is 12.7. The zero-order valence-corrected chi connectivity index (χ0v) is 20.8. The van der Waals surface area contributed by atoms with Crippen LogP contribution in [0, 0.1) is 11.3 Å². The minimum Gasteiger partial charge on any atom is -0.494 e. The SMILES string of the molecule is CCOc1cccc(NC(=O)/C(C#N)=C/c2ccc(OCc3ccc(Cl)cc3Cl)c(OCC)c2)c1. The van der Waals surface area contributed by atoms with Crippen LogP contribution in [0.3, 0.4) is 0 Å². The van der Waals surface area contributed by atoms with E-state index < -0.39 is 5.91 Å². The van der Waals surface area contributed by atoms with Crippen LogP contribution in [0.4, 0.5) is 5.69 Å². The van der Waals surface area contributed by atoms with Gasteiger partial charge < -0.3 is 19.5 Å². The number of amides is 1. The van der Waals surface area contributed by atoms with Crippen molar-refractivity contribution in [2.24, 2.45) is 0 Å². The van der Waals surface area contributed by atoms with E-state index >= 15 is 0 Å². The fourth-order valence-corrected chi connectivity index (χ4v) is 3.60. The minimum atomic E-state index is -0.531. The molecule has 0 saturated carbocycles. The van der Waals surface area contributed by atoms with Gasteiger partial charge in [0.05, 0.1) is 13.2 Å². The summed E-state index contributed by atoms with van der Waals surface area (Å²) in [4.78, 5) is 12.7. The third kappa shape index (κ3) is 7.41. The molecule has 3 aromatic rings. The number of halogens is 2. The molecule has 0 bridgehead atoms. The molecule has 35 heavy (non-hydrogen) atoms. The molecule has 0 spiro atoms. The number of hydrogen-bond donors (Lipinski definition) is 1. The summed E-state index contributed by atoms with van der Waals surface area (Å²) in [5.41, 5.74) is 1.86. The lowest BCUT2D eigenvalue weighted by molar-refractivity contribution is -0.112. The first kappa shape index (κ1) is 26.0. The molecule has 8 heteroatoms. The molecule has 3 aromatic carbocycles. The number of carbonyl (C=O) groups is 1. The Hall–Kier alpha value is -3.66. The van der Waals surface area contributed by atoms with Crippen molar-refractivity contribution < 1.29 is 19.0 Å². The molecule has 180 valence electrons. The minimum absolute atomic E-state index is 0.0594. The van der Waals surface area contributed by atoms with Crippen molar-refractivity contribution in [3.8, 4) is 23.3 Å². The second-order valence-corrected chi connectivity index (χ2v) is 8.09. The van der Waals surface area contributed by atoms with Crippen LogP contribution >= 0.6 is 23.2 Å². The van der Waals surface area contributed by atoms with Gasteiger partial charge in [-0.2, -0.15) is 5.26 Å². The molecule has 0 atom stereocenters. The zero-order valence-electron chi connectivity index (χ0n) is 19.3. The highest BCUT2D eigenvalue weighted by Crippen LogP contribution is 2.31. The Labute approximate surface area is 214 Å². The van der Waals surface area contributed by atoms with E-state index in [1.54, 1.807) is 60.7 Å². The Balaban J connectivity index is 1.77. The van der Waals surface area contributed by atoms with Crippen molar-refractivity contribution in [2.45, 2.75) is 20.5 Å². The third-order valence-corrected chi connectivity index (χ3v) is 5.33. The zero-order chi connectivity index (χ0) is 25.2. The topological polar surface area (TPSA) is 80.6 Å². The molecular weight excluding hydrogens is 487 g/mol. The number of anilines is 1. The van der Waals surface area contributed by atoms with Gasteiger partial charge in [-0.05, 0) is 61.9 Å². The molecule has 0 aliphatic heterocycles. The Morgan fingerprint density at radius 2 is 1.77 bits per heavy atom. The summed E-state index contributed by atoms with van der Waals surface area (Å²) in [5.74, 6) is 1.08. The van der Waals surface area contributed by atoms with Gasteiger partial charge in [0, 0.05) is 27.4 Å². The molecule has 0 aromatic heterocycles. The van der Waals surface area contributed by atoms with E-state index in [4.69, 9.17) is 37.4 Å². The number of ether oxygens (including phenoxy) is 3. The molecule has 3 rings (SSSR count). The number of nitriles is 1. The summed E-state index contributed by atoms with van der Waals surface area (Å²) in [6.45, 7) is 4.87.